The normalized spacial score (nSPS) is 16.8. The molecular weight excluding hydrogens is 460 g/mol. The molecule has 1 heterocycles. The van der Waals surface area contributed by atoms with Crippen LogP contribution in [0.25, 0.3) is 0 Å². The lowest BCUT2D eigenvalue weighted by Gasteiger charge is -2.42. The molecule has 0 unspecified atom stereocenters. The number of nitrogens with zero attached hydrogens (tertiary/aromatic N) is 2. The maximum Gasteiger partial charge on any atom is 0.314 e. The first-order chi connectivity index (χ1) is 17.0. The highest BCUT2D eigenvalue weighted by Crippen LogP contribution is 2.36. The highest BCUT2D eigenvalue weighted by atomic mass is 16.4. The summed E-state index contributed by atoms with van der Waals surface area (Å²) in [5, 5.41) is 12.8. The smallest absolute Gasteiger partial charge is 0.314 e. The van der Waals surface area contributed by atoms with Crippen molar-refractivity contribution < 1.29 is 24.3 Å². The van der Waals surface area contributed by atoms with Crippen LogP contribution in [0.2, 0.25) is 0 Å². The van der Waals surface area contributed by atoms with Crippen molar-refractivity contribution in [3.63, 3.8) is 0 Å². The van der Waals surface area contributed by atoms with Gasteiger partial charge in [0.1, 0.15) is 12.1 Å². The Morgan fingerprint density at radius 1 is 1.11 bits per heavy atom. The predicted octanol–water partition coefficient (Wildman–Crippen LogP) is 2.14. The Morgan fingerprint density at radius 2 is 1.72 bits per heavy atom. The van der Waals surface area contributed by atoms with Crippen molar-refractivity contribution in [2.75, 3.05) is 26.7 Å². The highest BCUT2D eigenvalue weighted by molar-refractivity contribution is 5.92. The monoisotopic (exact) mass is 502 g/mol. The first-order valence-electron chi connectivity index (χ1n) is 12.8. The van der Waals surface area contributed by atoms with Crippen LogP contribution in [0.15, 0.2) is 30.3 Å². The van der Waals surface area contributed by atoms with Gasteiger partial charge in [0.05, 0.1) is 5.41 Å². The molecule has 0 spiro atoms. The third-order valence-electron chi connectivity index (χ3n) is 7.08. The molecule has 2 atom stereocenters. The second kappa shape index (κ2) is 13.4. The van der Waals surface area contributed by atoms with Gasteiger partial charge in [0.15, 0.2) is 0 Å². The van der Waals surface area contributed by atoms with Gasteiger partial charge in [-0.05, 0) is 56.6 Å². The minimum absolute atomic E-state index is 0.151. The van der Waals surface area contributed by atoms with Crippen LogP contribution in [-0.2, 0) is 24.6 Å². The van der Waals surface area contributed by atoms with Crippen LogP contribution in [0.4, 0.5) is 0 Å². The first kappa shape index (κ1) is 29.3. The fourth-order valence-corrected chi connectivity index (χ4v) is 4.97. The summed E-state index contributed by atoms with van der Waals surface area (Å²) >= 11 is 0. The average Bonchev–Trinajstić information content (AvgIpc) is 2.85. The van der Waals surface area contributed by atoms with Crippen molar-refractivity contribution in [1.82, 2.24) is 15.1 Å². The number of carbonyl (C=O) groups is 4. The number of likely N-dealkylation sites (tertiary alicyclic amines) is 1. The third-order valence-corrected chi connectivity index (χ3v) is 7.08. The van der Waals surface area contributed by atoms with Crippen molar-refractivity contribution in [1.29, 1.82) is 0 Å². The Bertz CT molecular complexity index is 897. The van der Waals surface area contributed by atoms with Gasteiger partial charge in [0.25, 0.3) is 0 Å². The molecule has 1 aliphatic heterocycles. The van der Waals surface area contributed by atoms with Gasteiger partial charge in [-0.1, -0.05) is 44.2 Å². The summed E-state index contributed by atoms with van der Waals surface area (Å²) in [4.78, 5) is 54.3. The zero-order valence-electron chi connectivity index (χ0n) is 22.0. The number of hydrogen-bond acceptors (Lipinski definition) is 5. The van der Waals surface area contributed by atoms with Gasteiger partial charge in [0.2, 0.25) is 17.7 Å². The number of carboxylic acid groups (broad SMARTS) is 1. The van der Waals surface area contributed by atoms with Gasteiger partial charge in [-0.15, -0.1) is 0 Å². The molecular formula is C27H42N4O5. The van der Waals surface area contributed by atoms with E-state index in [-0.39, 0.29) is 23.6 Å². The van der Waals surface area contributed by atoms with Gasteiger partial charge in [-0.25, -0.2) is 0 Å². The summed E-state index contributed by atoms with van der Waals surface area (Å²) < 4.78 is 0. The minimum atomic E-state index is -1.03. The molecule has 9 heteroatoms. The maximum absolute atomic E-state index is 13.7. The molecule has 36 heavy (non-hydrogen) atoms. The Hall–Kier alpha value is -2.94. The largest absolute Gasteiger partial charge is 0.481 e. The number of amides is 3. The van der Waals surface area contributed by atoms with Crippen LogP contribution in [0.3, 0.4) is 0 Å². The lowest BCUT2D eigenvalue weighted by atomic mass is 9.72. The Morgan fingerprint density at radius 3 is 2.22 bits per heavy atom. The van der Waals surface area contributed by atoms with E-state index in [2.05, 4.69) is 5.32 Å². The minimum Gasteiger partial charge on any atom is -0.481 e. The van der Waals surface area contributed by atoms with Crippen LogP contribution in [0, 0.1) is 5.92 Å². The molecule has 1 aliphatic rings. The second-order valence-corrected chi connectivity index (χ2v) is 10.2. The molecule has 1 aromatic rings. The van der Waals surface area contributed by atoms with Crippen LogP contribution in [0.5, 0.6) is 0 Å². The molecule has 2 rings (SSSR count). The number of rotatable bonds is 12. The fraction of sp³-hybridized carbons (Fsp3) is 0.630. The SMILES string of the molecule is CC(=O)N[C@@H](CCCCN)C(=O)N(C)[C@@H](CC(C)C)C(=O)N1CCC(C(=O)O)(c2ccccc2)CC1. The number of carboxylic acids is 1. The first-order valence-corrected chi connectivity index (χ1v) is 12.8. The van der Waals surface area contributed by atoms with E-state index >= 15 is 0 Å². The number of nitrogens with two attached hydrogens (primary N) is 1. The molecule has 9 nitrogen and oxygen atoms in total. The summed E-state index contributed by atoms with van der Waals surface area (Å²) in [7, 11) is 1.61. The van der Waals surface area contributed by atoms with Crippen molar-refractivity contribution >= 4 is 23.7 Å². The molecule has 4 N–H and O–H groups in total. The summed E-state index contributed by atoms with van der Waals surface area (Å²) in [5.41, 5.74) is 5.29. The molecule has 1 saturated heterocycles. The average molecular weight is 503 g/mol. The molecule has 200 valence electrons. The quantitative estimate of drug-likeness (QED) is 0.375. The van der Waals surface area contributed by atoms with E-state index in [0.29, 0.717) is 51.7 Å². The number of likely N-dealkylation sites (N-methyl/N-ethyl adjacent to an activating group) is 1. The lowest BCUT2D eigenvalue weighted by Crippen LogP contribution is -2.57. The van der Waals surface area contributed by atoms with Crippen molar-refractivity contribution in [2.45, 2.75) is 76.8 Å². The number of carbonyl (C=O) groups excluding carboxylic acids is 3. The molecule has 0 aromatic heterocycles. The molecule has 3 amide bonds. The van der Waals surface area contributed by atoms with E-state index in [4.69, 9.17) is 5.73 Å². The fourth-order valence-electron chi connectivity index (χ4n) is 4.97. The number of hydrogen-bond donors (Lipinski definition) is 3. The topological polar surface area (TPSA) is 133 Å². The van der Waals surface area contributed by atoms with E-state index in [0.717, 1.165) is 12.0 Å². The second-order valence-electron chi connectivity index (χ2n) is 10.2. The van der Waals surface area contributed by atoms with Crippen molar-refractivity contribution in [3.8, 4) is 0 Å². The molecule has 0 aliphatic carbocycles. The Balaban J connectivity index is 2.20. The number of benzene rings is 1. The van der Waals surface area contributed by atoms with Crippen molar-refractivity contribution in [3.05, 3.63) is 35.9 Å². The van der Waals surface area contributed by atoms with E-state index in [9.17, 15) is 24.3 Å². The highest BCUT2D eigenvalue weighted by Gasteiger charge is 2.45. The third kappa shape index (κ3) is 7.29. The molecule has 1 fully saturated rings. The Kier molecular flexibility index (Phi) is 10.9. The number of aliphatic carboxylic acids is 1. The summed E-state index contributed by atoms with van der Waals surface area (Å²) in [6, 6.07) is 7.74. The van der Waals surface area contributed by atoms with Crippen molar-refractivity contribution in [2.24, 2.45) is 11.7 Å². The van der Waals surface area contributed by atoms with Gasteiger partial charge in [-0.2, -0.15) is 0 Å². The van der Waals surface area contributed by atoms with Gasteiger partial charge >= 0.3 is 5.97 Å². The molecule has 0 saturated carbocycles. The van der Waals surface area contributed by atoms with Crippen LogP contribution >= 0.6 is 0 Å². The summed E-state index contributed by atoms with van der Waals surface area (Å²) in [6.45, 7) is 6.44. The molecule has 0 radical (unpaired) electrons. The standard InChI is InChI=1S/C27H42N4O5/c1-19(2)18-23(30(4)24(33)22(29-20(3)32)12-8-9-15-28)25(34)31-16-13-27(14-17-31,26(35)36)21-10-6-5-7-11-21/h5-7,10-11,19,22-23H,8-9,12-18,28H2,1-4H3,(H,29,32)(H,35,36)/t22-,23-/m0/s1. The summed E-state index contributed by atoms with van der Waals surface area (Å²) in [6.07, 6.45) is 2.95. The van der Waals surface area contributed by atoms with Crippen LogP contribution < -0.4 is 11.1 Å². The van der Waals surface area contributed by atoms with Gasteiger partial charge in [-0.3, -0.25) is 19.2 Å². The maximum atomic E-state index is 13.7. The van der Waals surface area contributed by atoms with E-state index in [1.807, 2.05) is 44.2 Å². The molecule has 0 bridgehead atoms. The van der Waals surface area contributed by atoms with Gasteiger partial charge in [0, 0.05) is 27.1 Å². The van der Waals surface area contributed by atoms with Crippen LogP contribution in [0.1, 0.15) is 64.9 Å². The molecule has 1 aromatic carbocycles. The van der Waals surface area contributed by atoms with E-state index in [1.165, 1.54) is 11.8 Å². The van der Waals surface area contributed by atoms with E-state index in [1.54, 1.807) is 11.9 Å². The number of nitrogens with one attached hydrogen (secondary N) is 1. The zero-order chi connectivity index (χ0) is 26.9. The Labute approximate surface area is 214 Å². The predicted molar refractivity (Wildman–Crippen MR) is 138 cm³/mol. The summed E-state index contributed by atoms with van der Waals surface area (Å²) in [5.74, 6) is -1.53. The van der Waals surface area contributed by atoms with Crippen LogP contribution in [-0.4, -0.2) is 77.4 Å². The zero-order valence-corrected chi connectivity index (χ0v) is 22.0. The van der Waals surface area contributed by atoms with E-state index < -0.39 is 23.5 Å². The lowest BCUT2D eigenvalue weighted by molar-refractivity contribution is -0.151. The van der Waals surface area contributed by atoms with Gasteiger partial charge < -0.3 is 26.0 Å². The number of unbranched alkanes of at least 4 members (excludes halogenated alkanes) is 1. The number of piperidine rings is 1.